The predicted molar refractivity (Wildman–Crippen MR) is 153 cm³/mol. The summed E-state index contributed by atoms with van der Waals surface area (Å²) in [6.07, 6.45) is -0.0843. The predicted octanol–water partition coefficient (Wildman–Crippen LogP) is 4.00. The molecule has 0 fully saturated rings. The van der Waals surface area contributed by atoms with E-state index in [1.165, 1.54) is 13.2 Å². The summed E-state index contributed by atoms with van der Waals surface area (Å²) in [4.78, 5) is 19.3. The van der Waals surface area contributed by atoms with Gasteiger partial charge >= 0.3 is 226 Å². The van der Waals surface area contributed by atoms with Crippen LogP contribution in [0.1, 0.15) is 16.7 Å². The van der Waals surface area contributed by atoms with Gasteiger partial charge in [-0.25, -0.2) is 0 Å². The number of carboxylic acids is 1. The molecule has 4 aromatic rings. The molecule has 0 aliphatic carbocycles. The van der Waals surface area contributed by atoms with E-state index in [1.807, 2.05) is 78.9 Å². The molecular weight excluding hydrogens is 612 g/mol. The number of benzene rings is 4. The number of ether oxygens (including phenoxy) is 1. The molecule has 36 heavy (non-hydrogen) atoms. The zero-order valence-corrected chi connectivity index (χ0v) is 26.4. The zero-order valence-electron chi connectivity index (χ0n) is 21.5. The van der Waals surface area contributed by atoms with Crippen molar-refractivity contribution in [3.8, 4) is 5.75 Å². The van der Waals surface area contributed by atoms with Gasteiger partial charge in [-0.05, 0) is 0 Å². The second-order valence-corrected chi connectivity index (χ2v) is 26.3. The molecule has 1 unspecified atom stereocenters. The summed E-state index contributed by atoms with van der Waals surface area (Å²) in [5.41, 5.74) is 0.913. The quantitative estimate of drug-likeness (QED) is 0.273. The van der Waals surface area contributed by atoms with Crippen LogP contribution in [0.15, 0.2) is 115 Å². The van der Waals surface area contributed by atoms with Crippen molar-refractivity contribution in [1.82, 2.24) is 0 Å². The number of para-hydroxylation sites is 1. The normalized spacial score (nSPS) is 11.6. The van der Waals surface area contributed by atoms with Gasteiger partial charge in [-0.15, -0.1) is 0 Å². The van der Waals surface area contributed by atoms with E-state index in [4.69, 9.17) is 4.74 Å². The van der Waals surface area contributed by atoms with E-state index in [9.17, 15) is 9.90 Å². The van der Waals surface area contributed by atoms with Crippen LogP contribution in [0, 0.1) is 0 Å². The van der Waals surface area contributed by atoms with Gasteiger partial charge in [0.1, 0.15) is 0 Å². The van der Waals surface area contributed by atoms with Gasteiger partial charge < -0.3 is 0 Å². The van der Waals surface area contributed by atoms with Gasteiger partial charge in [0.05, 0.1) is 0 Å². The van der Waals surface area contributed by atoms with Crippen molar-refractivity contribution in [3.05, 3.63) is 121 Å². The Morgan fingerprint density at radius 2 is 1.08 bits per heavy atom. The molecule has 0 radical (unpaired) electrons. The van der Waals surface area contributed by atoms with Crippen molar-refractivity contribution in [1.29, 1.82) is 0 Å². The van der Waals surface area contributed by atoms with Crippen molar-refractivity contribution in [2.45, 2.75) is 26.0 Å². The van der Waals surface area contributed by atoms with E-state index in [0.29, 0.717) is 5.75 Å². The van der Waals surface area contributed by atoms with Crippen molar-refractivity contribution in [3.63, 3.8) is 0 Å². The van der Waals surface area contributed by atoms with E-state index < -0.39 is 39.0 Å². The van der Waals surface area contributed by atoms with Crippen LogP contribution >= 0.6 is 0 Å². The molecule has 0 saturated carbocycles. The number of carbonyl (C=O) groups is 1. The summed E-state index contributed by atoms with van der Waals surface area (Å²) in [7, 11) is 1.64. The molecule has 0 N–H and O–H groups in total. The molecule has 0 aliphatic heterocycles. The average molecular weight is 646 g/mol. The molecular formula is C31H34GeO3Sn. The molecule has 0 amide bonds. The number of carboxylic acid groups (broad SMARTS) is 1. The van der Waals surface area contributed by atoms with E-state index in [2.05, 4.69) is 51.2 Å². The Kier molecular flexibility index (Phi) is 10.7. The van der Waals surface area contributed by atoms with Crippen molar-refractivity contribution >= 4 is 52.2 Å². The first-order chi connectivity index (χ1) is 17.4. The standard InChI is InChI=1S/C28H26GeO3.3CH3.Sn/c1-32-27-20-12-11-19-25(27)26(21-28(30)31)29(22-13-5-2-6-14-22,23-15-7-3-8-16-23)24-17-9-4-10-18-24;;;;/h2-20,26H,21H2,1H3,(H,30,31);3*1H3;/q;;;;+1/p-1. The van der Waals surface area contributed by atoms with Crippen LogP contribution in [-0.2, 0) is 4.79 Å². The first kappa shape index (κ1) is 28.1. The summed E-state index contributed by atoms with van der Waals surface area (Å²) >= 11 is -4.19. The van der Waals surface area contributed by atoms with Crippen LogP contribution < -0.4 is 23.0 Å². The van der Waals surface area contributed by atoms with Gasteiger partial charge in [-0.3, -0.25) is 0 Å². The first-order valence-electron chi connectivity index (χ1n) is 12.2. The second kappa shape index (κ2) is 13.7. The minimum atomic E-state index is -3.65. The fourth-order valence-corrected chi connectivity index (χ4v) is 16.4. The minimum absolute atomic E-state index is 0.0843. The third-order valence-corrected chi connectivity index (χ3v) is 17.2. The third kappa shape index (κ3) is 6.62. The van der Waals surface area contributed by atoms with E-state index in [0.717, 1.165) is 5.56 Å². The number of hydrogen-bond acceptors (Lipinski definition) is 3. The monoisotopic (exact) mass is 648 g/mol. The summed E-state index contributed by atoms with van der Waals surface area (Å²) in [5.74, 6) is -0.352. The summed E-state index contributed by atoms with van der Waals surface area (Å²) in [6.45, 7) is 0. The van der Waals surface area contributed by atoms with Crippen molar-refractivity contribution in [2.24, 2.45) is 0 Å². The Morgan fingerprint density at radius 1 is 0.722 bits per heavy atom. The first-order valence-corrected chi connectivity index (χ1v) is 25.1. The number of aliphatic carboxylic acids is 1. The number of methoxy groups -OCH3 is 1. The maximum atomic E-state index is 12.2. The maximum absolute atomic E-state index is 12.2. The Labute approximate surface area is 225 Å². The Hall–Kier alpha value is -2.51. The van der Waals surface area contributed by atoms with Crippen LogP contribution in [0.25, 0.3) is 0 Å². The topological polar surface area (TPSA) is 49.4 Å². The summed E-state index contributed by atoms with van der Waals surface area (Å²) in [5, 5.41) is 12.2. The van der Waals surface area contributed by atoms with Gasteiger partial charge in [-0.1, -0.05) is 0 Å². The fraction of sp³-hybridized carbons (Fsp3) is 0.194. The van der Waals surface area contributed by atoms with Gasteiger partial charge in [0.15, 0.2) is 0 Å². The molecule has 5 heteroatoms. The Bertz CT molecular complexity index is 1110. The molecule has 0 aliphatic rings. The molecule has 0 saturated heterocycles. The van der Waals surface area contributed by atoms with Crippen LogP contribution in [0.4, 0.5) is 0 Å². The molecule has 0 bridgehead atoms. The molecule has 3 nitrogen and oxygen atoms in total. The molecule has 1 atom stereocenters. The summed E-state index contributed by atoms with van der Waals surface area (Å²) < 4.78 is 9.03. The molecule has 184 valence electrons. The SMILES string of the molecule is COc1ccccc1[CH](CC(=O)[O-])[Ge]([c]1ccccc1)([c]1ccccc1)[c]1ccccc1.[CH3][Sn+]([CH3])[CH3]. The average Bonchev–Trinajstić information content (AvgIpc) is 2.90. The number of rotatable bonds is 8. The Balaban J connectivity index is 0.000000840. The van der Waals surface area contributed by atoms with Gasteiger partial charge in [-0.2, -0.15) is 0 Å². The van der Waals surface area contributed by atoms with Crippen molar-refractivity contribution in [2.75, 3.05) is 7.11 Å². The van der Waals surface area contributed by atoms with Crippen LogP contribution in [0.5, 0.6) is 5.75 Å². The van der Waals surface area contributed by atoms with Crippen LogP contribution in [-0.4, -0.2) is 46.1 Å². The molecule has 0 heterocycles. The molecule has 0 aromatic heterocycles. The fourth-order valence-electron chi connectivity index (χ4n) is 4.82. The Morgan fingerprint density at radius 3 is 1.44 bits per heavy atom. The third-order valence-electron chi connectivity index (χ3n) is 6.10. The van der Waals surface area contributed by atoms with E-state index in [1.54, 1.807) is 7.11 Å². The van der Waals surface area contributed by atoms with Crippen molar-refractivity contribution < 1.29 is 14.6 Å². The zero-order chi connectivity index (χ0) is 26.0. The van der Waals surface area contributed by atoms with Gasteiger partial charge in [0.25, 0.3) is 0 Å². The van der Waals surface area contributed by atoms with Gasteiger partial charge in [0.2, 0.25) is 0 Å². The van der Waals surface area contributed by atoms with E-state index in [-0.39, 0.29) is 11.2 Å². The van der Waals surface area contributed by atoms with E-state index >= 15 is 0 Å². The second-order valence-electron chi connectivity index (χ2n) is 9.28. The van der Waals surface area contributed by atoms with Crippen LogP contribution in [0.2, 0.25) is 14.8 Å². The number of carbonyl (C=O) groups excluding carboxylic acids is 1. The van der Waals surface area contributed by atoms with Crippen LogP contribution in [0.3, 0.4) is 0 Å². The summed E-state index contributed by atoms with van der Waals surface area (Å²) in [6, 6.07) is 38.9. The molecule has 0 spiro atoms. The number of hydrogen-bond donors (Lipinski definition) is 0. The van der Waals surface area contributed by atoms with Gasteiger partial charge in [0, 0.05) is 0 Å². The molecule has 4 rings (SSSR count). The molecule has 4 aromatic carbocycles.